The smallest absolute Gasteiger partial charge is 0.219 e. The molecule has 2 rings (SSSR count). The third-order valence-electron chi connectivity index (χ3n) is 3.78. The highest BCUT2D eigenvalue weighted by Gasteiger charge is 2.21. The fourth-order valence-corrected chi connectivity index (χ4v) is 2.72. The summed E-state index contributed by atoms with van der Waals surface area (Å²) in [7, 11) is 0. The number of aryl methyl sites for hydroxylation is 1. The first-order chi connectivity index (χ1) is 9.69. The maximum absolute atomic E-state index is 11.5. The number of nitrogens with zero attached hydrogens (tertiary/aromatic N) is 2. The number of amides is 1. The third-order valence-corrected chi connectivity index (χ3v) is 3.78. The van der Waals surface area contributed by atoms with E-state index >= 15 is 0 Å². The number of rotatable bonds is 5. The van der Waals surface area contributed by atoms with Crippen LogP contribution in [0.3, 0.4) is 0 Å². The second-order valence-corrected chi connectivity index (χ2v) is 5.65. The van der Waals surface area contributed by atoms with Crippen molar-refractivity contribution in [2.75, 3.05) is 24.5 Å². The third kappa shape index (κ3) is 4.22. The van der Waals surface area contributed by atoms with Gasteiger partial charge in [-0.05, 0) is 44.2 Å². The van der Waals surface area contributed by atoms with Gasteiger partial charge in [-0.1, -0.05) is 13.0 Å². The average Bonchev–Trinajstić information content (AvgIpc) is 2.46. The van der Waals surface area contributed by atoms with E-state index in [1.807, 2.05) is 19.9 Å². The van der Waals surface area contributed by atoms with E-state index in [2.05, 4.69) is 27.3 Å². The minimum absolute atomic E-state index is 0.179. The van der Waals surface area contributed by atoms with E-state index in [0.29, 0.717) is 12.3 Å². The van der Waals surface area contributed by atoms with Crippen LogP contribution >= 0.6 is 0 Å². The number of piperidine rings is 1. The Bertz CT molecular complexity index is 447. The fourth-order valence-electron chi connectivity index (χ4n) is 2.72. The Morgan fingerprint density at radius 2 is 2.35 bits per heavy atom. The first kappa shape index (κ1) is 14.8. The molecule has 110 valence electrons. The van der Waals surface area contributed by atoms with Crippen LogP contribution in [0, 0.1) is 12.8 Å². The van der Waals surface area contributed by atoms with Gasteiger partial charge in [0.25, 0.3) is 0 Å². The summed E-state index contributed by atoms with van der Waals surface area (Å²) >= 11 is 0. The number of carbonyl (C=O) groups is 1. The lowest BCUT2D eigenvalue weighted by molar-refractivity contribution is -0.121. The zero-order chi connectivity index (χ0) is 14.4. The molecule has 1 saturated heterocycles. The molecule has 1 N–H and O–H groups in total. The summed E-state index contributed by atoms with van der Waals surface area (Å²) in [5, 5.41) is 3.05. The van der Waals surface area contributed by atoms with E-state index in [-0.39, 0.29) is 5.91 Å². The van der Waals surface area contributed by atoms with Crippen molar-refractivity contribution in [3.8, 4) is 0 Å². The highest BCUT2D eigenvalue weighted by atomic mass is 16.1. The minimum atomic E-state index is 0.179. The molecule has 0 aromatic carbocycles. The second kappa shape index (κ2) is 7.27. The lowest BCUT2D eigenvalue weighted by Gasteiger charge is -2.33. The topological polar surface area (TPSA) is 45.2 Å². The molecule has 1 aliphatic heterocycles. The summed E-state index contributed by atoms with van der Waals surface area (Å²) in [6.45, 7) is 6.90. The Morgan fingerprint density at radius 1 is 1.50 bits per heavy atom. The largest absolute Gasteiger partial charge is 0.356 e. The van der Waals surface area contributed by atoms with Crippen molar-refractivity contribution in [3.63, 3.8) is 0 Å². The Morgan fingerprint density at radius 3 is 3.10 bits per heavy atom. The number of pyridine rings is 1. The van der Waals surface area contributed by atoms with Gasteiger partial charge in [0.15, 0.2) is 0 Å². The number of aromatic nitrogens is 1. The molecule has 1 amide bonds. The van der Waals surface area contributed by atoms with E-state index in [0.717, 1.165) is 37.6 Å². The quantitative estimate of drug-likeness (QED) is 0.898. The van der Waals surface area contributed by atoms with Crippen molar-refractivity contribution in [3.05, 3.63) is 23.9 Å². The summed E-state index contributed by atoms with van der Waals surface area (Å²) in [6.07, 6.45) is 3.91. The number of nitrogens with one attached hydrogen (secondary N) is 1. The van der Waals surface area contributed by atoms with Gasteiger partial charge in [-0.25, -0.2) is 4.98 Å². The van der Waals surface area contributed by atoms with Gasteiger partial charge in [-0.3, -0.25) is 4.79 Å². The minimum Gasteiger partial charge on any atom is -0.356 e. The van der Waals surface area contributed by atoms with Crippen molar-refractivity contribution in [2.45, 2.75) is 39.5 Å². The molecule has 1 aliphatic rings. The Hall–Kier alpha value is -1.58. The first-order valence-electron chi connectivity index (χ1n) is 7.64. The normalized spacial score (nSPS) is 18.9. The van der Waals surface area contributed by atoms with Crippen LogP contribution in [-0.2, 0) is 4.79 Å². The van der Waals surface area contributed by atoms with Gasteiger partial charge in [0, 0.05) is 31.7 Å². The second-order valence-electron chi connectivity index (χ2n) is 5.65. The van der Waals surface area contributed by atoms with Crippen molar-refractivity contribution in [1.82, 2.24) is 10.3 Å². The molecular formula is C16H25N3O. The summed E-state index contributed by atoms with van der Waals surface area (Å²) in [4.78, 5) is 18.5. The van der Waals surface area contributed by atoms with Crippen LogP contribution in [0.25, 0.3) is 0 Å². The molecule has 1 atom stereocenters. The molecule has 0 spiro atoms. The number of hydrogen-bond donors (Lipinski definition) is 1. The van der Waals surface area contributed by atoms with E-state index < -0.39 is 0 Å². The lowest BCUT2D eigenvalue weighted by atomic mass is 9.98. The van der Waals surface area contributed by atoms with Gasteiger partial charge in [-0.2, -0.15) is 0 Å². The highest BCUT2D eigenvalue weighted by Crippen LogP contribution is 2.21. The molecule has 0 bridgehead atoms. The Kier molecular flexibility index (Phi) is 5.39. The average molecular weight is 275 g/mol. The van der Waals surface area contributed by atoms with Crippen molar-refractivity contribution < 1.29 is 4.79 Å². The Labute approximate surface area is 121 Å². The molecule has 0 aliphatic carbocycles. The summed E-state index contributed by atoms with van der Waals surface area (Å²) in [5.74, 6) is 1.78. The number of carbonyl (C=O) groups excluding carboxylic acids is 1. The summed E-state index contributed by atoms with van der Waals surface area (Å²) in [5.41, 5.74) is 1.06. The van der Waals surface area contributed by atoms with Gasteiger partial charge in [0.05, 0.1) is 0 Å². The van der Waals surface area contributed by atoms with Crippen molar-refractivity contribution in [2.24, 2.45) is 5.92 Å². The van der Waals surface area contributed by atoms with Crippen LogP contribution in [0.15, 0.2) is 18.2 Å². The van der Waals surface area contributed by atoms with Gasteiger partial charge >= 0.3 is 0 Å². The number of hydrogen-bond acceptors (Lipinski definition) is 3. The van der Waals surface area contributed by atoms with Crippen LogP contribution in [0.4, 0.5) is 5.82 Å². The monoisotopic (exact) mass is 275 g/mol. The zero-order valence-electron chi connectivity index (χ0n) is 12.6. The van der Waals surface area contributed by atoms with Crippen LogP contribution in [0.2, 0.25) is 0 Å². The predicted octanol–water partition coefficient (Wildman–Crippen LogP) is 2.52. The van der Waals surface area contributed by atoms with Crippen LogP contribution < -0.4 is 10.2 Å². The molecule has 2 heterocycles. The van der Waals surface area contributed by atoms with Crippen LogP contribution in [-0.4, -0.2) is 30.5 Å². The van der Waals surface area contributed by atoms with Crippen LogP contribution in [0.5, 0.6) is 0 Å². The standard InChI is InChI=1S/C16H25N3O/c1-3-6-16(20)17-11-14-8-5-10-19(12-14)15-9-4-7-13(2)18-15/h4,7,9,14H,3,5-6,8,10-12H2,1-2H3,(H,17,20). The summed E-state index contributed by atoms with van der Waals surface area (Å²) in [6, 6.07) is 6.16. The molecule has 1 fully saturated rings. The predicted molar refractivity (Wildman–Crippen MR) is 81.8 cm³/mol. The van der Waals surface area contributed by atoms with E-state index in [1.54, 1.807) is 0 Å². The molecule has 20 heavy (non-hydrogen) atoms. The van der Waals surface area contributed by atoms with E-state index in [4.69, 9.17) is 0 Å². The van der Waals surface area contributed by atoms with Gasteiger partial charge in [0.2, 0.25) is 5.91 Å². The van der Waals surface area contributed by atoms with Crippen LogP contribution in [0.1, 0.15) is 38.3 Å². The maximum atomic E-state index is 11.5. The lowest BCUT2D eigenvalue weighted by Crippen LogP contribution is -2.41. The molecular weight excluding hydrogens is 250 g/mol. The molecule has 0 radical (unpaired) electrons. The first-order valence-corrected chi connectivity index (χ1v) is 7.64. The molecule has 0 saturated carbocycles. The molecule has 1 aromatic heterocycles. The molecule has 4 heteroatoms. The Balaban J connectivity index is 1.87. The SMILES string of the molecule is CCCC(=O)NCC1CCCN(c2cccc(C)n2)C1. The zero-order valence-corrected chi connectivity index (χ0v) is 12.6. The van der Waals surface area contributed by atoms with E-state index in [9.17, 15) is 4.79 Å². The molecule has 4 nitrogen and oxygen atoms in total. The van der Waals surface area contributed by atoms with Gasteiger partial charge < -0.3 is 10.2 Å². The molecule has 1 unspecified atom stereocenters. The maximum Gasteiger partial charge on any atom is 0.219 e. The highest BCUT2D eigenvalue weighted by molar-refractivity contribution is 5.75. The fraction of sp³-hybridized carbons (Fsp3) is 0.625. The van der Waals surface area contributed by atoms with E-state index in [1.165, 1.54) is 12.8 Å². The van der Waals surface area contributed by atoms with Gasteiger partial charge in [-0.15, -0.1) is 0 Å². The summed E-state index contributed by atoms with van der Waals surface area (Å²) < 4.78 is 0. The molecule has 1 aromatic rings. The van der Waals surface area contributed by atoms with Gasteiger partial charge in [0.1, 0.15) is 5.82 Å². The van der Waals surface area contributed by atoms with Crippen molar-refractivity contribution >= 4 is 11.7 Å². The van der Waals surface area contributed by atoms with Crippen molar-refractivity contribution in [1.29, 1.82) is 0 Å². The number of anilines is 1.